The van der Waals surface area contributed by atoms with Crippen LogP contribution in [-0.2, 0) is 10.0 Å². The fourth-order valence-electron chi connectivity index (χ4n) is 3.96. The van der Waals surface area contributed by atoms with Gasteiger partial charge >= 0.3 is 0 Å². The Morgan fingerprint density at radius 1 is 1.00 bits per heavy atom. The molecule has 2 aromatic heterocycles. The molecule has 0 unspecified atom stereocenters. The number of ether oxygens (including phenoxy) is 2. The van der Waals surface area contributed by atoms with E-state index in [4.69, 9.17) is 9.47 Å². The summed E-state index contributed by atoms with van der Waals surface area (Å²) in [4.78, 5) is 21.4. The molecule has 4 aromatic rings. The molecule has 0 spiro atoms. The van der Waals surface area contributed by atoms with E-state index in [-0.39, 0.29) is 27.7 Å². The van der Waals surface area contributed by atoms with Crippen LogP contribution in [-0.4, -0.2) is 30.9 Å². The molecule has 10 heteroatoms. The van der Waals surface area contributed by atoms with Gasteiger partial charge in [0.1, 0.15) is 22.9 Å². The number of hydrogen-bond donors (Lipinski definition) is 1. The lowest BCUT2D eigenvalue weighted by Gasteiger charge is -2.16. The summed E-state index contributed by atoms with van der Waals surface area (Å²) in [5.74, 6) is -0.820. The zero-order valence-corrected chi connectivity index (χ0v) is 22.1. The van der Waals surface area contributed by atoms with Gasteiger partial charge in [-0.2, -0.15) is 8.42 Å². The molecule has 1 N–H and O–H groups in total. The number of aryl methyl sites for hydroxylation is 3. The van der Waals surface area contributed by atoms with Gasteiger partial charge in [-0.25, -0.2) is 19.1 Å². The molecule has 4 rings (SSSR count). The number of halogens is 1. The highest BCUT2D eigenvalue weighted by Crippen LogP contribution is 2.34. The highest BCUT2D eigenvalue weighted by molar-refractivity contribution is 7.90. The Bertz CT molecular complexity index is 1590. The van der Waals surface area contributed by atoms with Gasteiger partial charge in [0.05, 0.1) is 12.3 Å². The Balaban J connectivity index is 1.81. The highest BCUT2D eigenvalue weighted by Gasteiger charge is 2.25. The van der Waals surface area contributed by atoms with Crippen molar-refractivity contribution >= 4 is 15.9 Å². The topological polar surface area (TPSA) is 107 Å². The van der Waals surface area contributed by atoms with Crippen LogP contribution in [0.1, 0.15) is 34.0 Å². The number of carbonyl (C=O) groups is 1. The lowest BCUT2D eigenvalue weighted by molar-refractivity contribution is 0.0978. The molecule has 0 bridgehead atoms. The van der Waals surface area contributed by atoms with Crippen LogP contribution >= 0.6 is 0 Å². The molecule has 0 aliphatic rings. The number of nitrogens with zero attached hydrogens (tertiary/aromatic N) is 2. The van der Waals surface area contributed by atoms with Crippen molar-refractivity contribution < 1.29 is 27.1 Å². The van der Waals surface area contributed by atoms with Crippen molar-refractivity contribution in [2.75, 3.05) is 6.61 Å². The number of pyridine rings is 2. The minimum absolute atomic E-state index is 0.131. The predicted molar refractivity (Wildman–Crippen MR) is 140 cm³/mol. The summed E-state index contributed by atoms with van der Waals surface area (Å²) < 4.78 is 53.9. The number of benzene rings is 2. The highest BCUT2D eigenvalue weighted by atomic mass is 32.2. The standard InChI is InChI=1S/C28H26FN3O5S/c1-5-36-20-9-11-23(29)22(16-20)24-12-10-21(27(33)32-38(34,35)25-8-6-7-13-30-25)28(31-24)37-26-18(3)14-17(2)15-19(26)4/h6-16H,5H2,1-4H3,(H,32,33). The number of nitrogens with one attached hydrogen (secondary N) is 1. The van der Waals surface area contributed by atoms with E-state index < -0.39 is 21.7 Å². The maximum atomic E-state index is 14.8. The number of sulfonamides is 1. The van der Waals surface area contributed by atoms with Gasteiger partial charge in [-0.1, -0.05) is 23.8 Å². The number of rotatable bonds is 8. The molecule has 0 aliphatic heterocycles. The molecule has 8 nitrogen and oxygen atoms in total. The summed E-state index contributed by atoms with van der Waals surface area (Å²) in [7, 11) is -4.27. The summed E-state index contributed by atoms with van der Waals surface area (Å²) in [5.41, 5.74) is 2.73. The van der Waals surface area contributed by atoms with Crippen LogP contribution in [0.4, 0.5) is 4.39 Å². The van der Waals surface area contributed by atoms with Gasteiger partial charge in [0.15, 0.2) is 5.03 Å². The molecule has 0 saturated carbocycles. The van der Waals surface area contributed by atoms with Crippen LogP contribution in [0, 0.1) is 26.6 Å². The Labute approximate surface area is 220 Å². The molecule has 0 saturated heterocycles. The van der Waals surface area contributed by atoms with Gasteiger partial charge in [0.25, 0.3) is 15.9 Å². The first-order valence-corrected chi connectivity index (χ1v) is 13.2. The zero-order valence-electron chi connectivity index (χ0n) is 21.3. The van der Waals surface area contributed by atoms with Gasteiger partial charge in [0, 0.05) is 11.8 Å². The summed E-state index contributed by atoms with van der Waals surface area (Å²) in [5, 5.41) is -0.319. The Hall–Kier alpha value is -4.31. The summed E-state index contributed by atoms with van der Waals surface area (Å²) in [6, 6.07) is 15.1. The van der Waals surface area contributed by atoms with Crippen LogP contribution in [0.25, 0.3) is 11.3 Å². The predicted octanol–water partition coefficient (Wildman–Crippen LogP) is 5.52. The zero-order chi connectivity index (χ0) is 27.4. The minimum Gasteiger partial charge on any atom is -0.494 e. The number of carbonyl (C=O) groups excluding carboxylic acids is 1. The summed E-state index contributed by atoms with van der Waals surface area (Å²) in [6.45, 7) is 7.83. The molecule has 0 fully saturated rings. The van der Waals surface area contributed by atoms with Crippen LogP contribution in [0.5, 0.6) is 17.4 Å². The molecule has 0 atom stereocenters. The molecular weight excluding hydrogens is 509 g/mol. The van der Waals surface area contributed by atoms with Crippen LogP contribution in [0.2, 0.25) is 0 Å². The van der Waals surface area contributed by atoms with Gasteiger partial charge < -0.3 is 9.47 Å². The van der Waals surface area contributed by atoms with E-state index in [0.29, 0.717) is 18.1 Å². The molecule has 2 heterocycles. The second-order valence-corrected chi connectivity index (χ2v) is 10.2. The lowest BCUT2D eigenvalue weighted by atomic mass is 10.1. The maximum Gasteiger partial charge on any atom is 0.281 e. The number of amides is 1. The summed E-state index contributed by atoms with van der Waals surface area (Å²) >= 11 is 0. The average molecular weight is 536 g/mol. The van der Waals surface area contributed by atoms with E-state index in [0.717, 1.165) is 16.7 Å². The fraction of sp³-hybridized carbons (Fsp3) is 0.179. The minimum atomic E-state index is -4.27. The van der Waals surface area contributed by atoms with Crippen molar-refractivity contribution in [3.63, 3.8) is 0 Å². The lowest BCUT2D eigenvalue weighted by Crippen LogP contribution is -2.31. The van der Waals surface area contributed by atoms with Crippen molar-refractivity contribution in [3.8, 4) is 28.6 Å². The molecular formula is C28H26FN3O5S. The maximum absolute atomic E-state index is 14.8. The first-order chi connectivity index (χ1) is 18.1. The largest absolute Gasteiger partial charge is 0.494 e. The van der Waals surface area contributed by atoms with Crippen molar-refractivity contribution in [2.45, 2.75) is 32.7 Å². The molecule has 2 aromatic carbocycles. The van der Waals surface area contributed by atoms with Crippen molar-refractivity contribution in [1.82, 2.24) is 14.7 Å². The fourth-order valence-corrected chi connectivity index (χ4v) is 4.87. The number of hydrogen-bond acceptors (Lipinski definition) is 7. The first kappa shape index (κ1) is 26.7. The van der Waals surface area contributed by atoms with Gasteiger partial charge in [-0.15, -0.1) is 0 Å². The van der Waals surface area contributed by atoms with E-state index in [1.165, 1.54) is 48.7 Å². The van der Waals surface area contributed by atoms with E-state index in [1.807, 2.05) is 44.5 Å². The quantitative estimate of drug-likeness (QED) is 0.317. The smallest absolute Gasteiger partial charge is 0.281 e. The monoisotopic (exact) mass is 535 g/mol. The third kappa shape index (κ3) is 5.81. The average Bonchev–Trinajstić information content (AvgIpc) is 2.87. The number of aromatic nitrogens is 2. The van der Waals surface area contributed by atoms with Crippen molar-refractivity contribution in [2.24, 2.45) is 0 Å². The first-order valence-electron chi connectivity index (χ1n) is 11.8. The Kier molecular flexibility index (Phi) is 7.72. The van der Waals surface area contributed by atoms with Crippen molar-refractivity contribution in [3.05, 3.63) is 94.9 Å². The molecule has 0 aliphatic carbocycles. The second kappa shape index (κ2) is 11.0. The van der Waals surface area contributed by atoms with Gasteiger partial charge in [-0.3, -0.25) is 4.79 Å². The van der Waals surface area contributed by atoms with Gasteiger partial charge in [0.2, 0.25) is 5.88 Å². The molecule has 0 radical (unpaired) electrons. The Morgan fingerprint density at radius 3 is 2.39 bits per heavy atom. The third-order valence-corrected chi connectivity index (χ3v) is 6.82. The van der Waals surface area contributed by atoms with E-state index in [9.17, 15) is 17.6 Å². The SMILES string of the molecule is CCOc1ccc(F)c(-c2ccc(C(=O)NS(=O)(=O)c3ccccn3)c(Oc3c(C)cc(C)cc3C)n2)c1. The van der Waals surface area contributed by atoms with Crippen LogP contribution in [0.3, 0.4) is 0 Å². The normalized spacial score (nSPS) is 11.2. The Morgan fingerprint density at radius 2 is 1.74 bits per heavy atom. The van der Waals surface area contributed by atoms with Gasteiger partial charge in [-0.05, 0) is 81.3 Å². The second-order valence-electron chi connectivity index (χ2n) is 8.56. The summed E-state index contributed by atoms with van der Waals surface area (Å²) in [6.07, 6.45) is 1.30. The molecule has 1 amide bonds. The van der Waals surface area contributed by atoms with Crippen molar-refractivity contribution in [1.29, 1.82) is 0 Å². The van der Waals surface area contributed by atoms with E-state index >= 15 is 0 Å². The van der Waals surface area contributed by atoms with Crippen LogP contribution < -0.4 is 14.2 Å². The third-order valence-electron chi connectivity index (χ3n) is 5.57. The molecule has 38 heavy (non-hydrogen) atoms. The van der Waals surface area contributed by atoms with E-state index in [1.54, 1.807) is 6.07 Å². The molecule has 196 valence electrons. The van der Waals surface area contributed by atoms with E-state index in [2.05, 4.69) is 9.97 Å². The van der Waals surface area contributed by atoms with Crippen LogP contribution in [0.15, 0.2) is 71.9 Å².